The third-order valence-corrected chi connectivity index (χ3v) is 5.54. The summed E-state index contributed by atoms with van der Waals surface area (Å²) < 4.78 is 24.3. The summed E-state index contributed by atoms with van der Waals surface area (Å²) in [6.45, 7) is 1.62. The summed E-state index contributed by atoms with van der Waals surface area (Å²) in [6, 6.07) is 5.87. The minimum Gasteiger partial charge on any atom is -0.486 e. The number of rotatable bonds is 10. The molecule has 3 rings (SSSR count). The number of hydrogen-bond donors (Lipinski definition) is 1. The summed E-state index contributed by atoms with van der Waals surface area (Å²) >= 11 is 1.45. The lowest BCUT2D eigenvalue weighted by molar-refractivity contribution is -0.120. The molecule has 0 bridgehead atoms. The lowest BCUT2D eigenvalue weighted by Gasteiger charge is -2.21. The largest absolute Gasteiger partial charge is 0.486 e. The van der Waals surface area contributed by atoms with Crippen LogP contribution in [0.4, 0.5) is 4.39 Å². The van der Waals surface area contributed by atoms with E-state index in [0.29, 0.717) is 31.6 Å². The average Bonchev–Trinajstić information content (AvgIpc) is 3.15. The van der Waals surface area contributed by atoms with Gasteiger partial charge in [-0.3, -0.25) is 4.79 Å². The second-order valence-corrected chi connectivity index (χ2v) is 7.93. The predicted molar refractivity (Wildman–Crippen MR) is 107 cm³/mol. The molecule has 1 saturated carbocycles. The molecule has 152 valence electrons. The van der Waals surface area contributed by atoms with Crippen molar-refractivity contribution in [1.29, 1.82) is 0 Å². The molecule has 1 aliphatic rings. The summed E-state index contributed by atoms with van der Waals surface area (Å²) in [5.41, 5.74) is 0.735. The van der Waals surface area contributed by atoms with Crippen molar-refractivity contribution >= 4 is 17.2 Å². The molecule has 5 nitrogen and oxygen atoms in total. The van der Waals surface area contributed by atoms with Crippen molar-refractivity contribution in [3.05, 3.63) is 46.2 Å². The van der Waals surface area contributed by atoms with Crippen molar-refractivity contribution in [2.75, 3.05) is 13.2 Å². The predicted octanol–water partition coefficient (Wildman–Crippen LogP) is 4.26. The first-order valence-electron chi connectivity index (χ1n) is 9.89. The minimum absolute atomic E-state index is 0.0334. The topological polar surface area (TPSA) is 60.5 Å². The number of amides is 1. The van der Waals surface area contributed by atoms with Crippen LogP contribution in [0.3, 0.4) is 0 Å². The molecule has 1 aliphatic carbocycles. The van der Waals surface area contributed by atoms with E-state index < -0.39 is 0 Å². The fourth-order valence-corrected chi connectivity index (χ4v) is 3.89. The van der Waals surface area contributed by atoms with Gasteiger partial charge in [0.25, 0.3) is 0 Å². The normalized spacial score (nSPS) is 14.8. The van der Waals surface area contributed by atoms with E-state index in [1.807, 2.05) is 5.38 Å². The first-order valence-corrected chi connectivity index (χ1v) is 10.8. The van der Waals surface area contributed by atoms with Crippen LogP contribution in [-0.2, 0) is 22.6 Å². The van der Waals surface area contributed by atoms with E-state index in [2.05, 4.69) is 10.3 Å². The Kier molecular flexibility index (Phi) is 8.23. The molecule has 0 atom stereocenters. The summed E-state index contributed by atoms with van der Waals surface area (Å²) in [5, 5.41) is 5.58. The van der Waals surface area contributed by atoms with E-state index in [4.69, 9.17) is 9.47 Å². The Morgan fingerprint density at radius 3 is 2.79 bits per heavy atom. The molecule has 0 radical (unpaired) electrons. The van der Waals surface area contributed by atoms with E-state index in [0.717, 1.165) is 17.1 Å². The maximum Gasteiger partial charge on any atom is 0.226 e. The number of thiazole rings is 1. The molecule has 0 aliphatic heterocycles. The number of carbonyl (C=O) groups is 1. The monoisotopic (exact) mass is 406 g/mol. The Labute approximate surface area is 169 Å². The van der Waals surface area contributed by atoms with Crippen LogP contribution in [0.1, 0.15) is 49.2 Å². The number of hydrogen-bond acceptors (Lipinski definition) is 5. The van der Waals surface area contributed by atoms with Gasteiger partial charge in [-0.25, -0.2) is 9.37 Å². The van der Waals surface area contributed by atoms with Crippen molar-refractivity contribution in [3.8, 4) is 5.75 Å². The van der Waals surface area contributed by atoms with Crippen LogP contribution in [0, 0.1) is 5.82 Å². The third-order valence-electron chi connectivity index (χ3n) is 4.67. The maximum atomic E-state index is 12.9. The van der Waals surface area contributed by atoms with Gasteiger partial charge in [0.2, 0.25) is 5.91 Å². The standard InChI is InChI=1S/C21H27FN2O3S/c22-16-7-9-19(10-8-16)27-14-21-24-17(15-28-21)13-20(25)23-11-4-12-26-18-5-2-1-3-6-18/h7-10,15,18H,1-6,11-14H2,(H,23,25). The van der Waals surface area contributed by atoms with Crippen LogP contribution in [0.5, 0.6) is 5.75 Å². The molecular weight excluding hydrogens is 379 g/mol. The molecule has 1 aromatic heterocycles. The van der Waals surface area contributed by atoms with Crippen LogP contribution < -0.4 is 10.1 Å². The zero-order valence-electron chi connectivity index (χ0n) is 16.0. The Balaban J connectivity index is 1.29. The summed E-state index contributed by atoms with van der Waals surface area (Å²) in [7, 11) is 0. The number of ether oxygens (including phenoxy) is 2. The van der Waals surface area contributed by atoms with Crippen LogP contribution in [-0.4, -0.2) is 30.1 Å². The maximum absolute atomic E-state index is 12.9. The van der Waals surface area contributed by atoms with Gasteiger partial charge < -0.3 is 14.8 Å². The average molecular weight is 407 g/mol. The first-order chi connectivity index (χ1) is 13.7. The van der Waals surface area contributed by atoms with E-state index in [1.54, 1.807) is 12.1 Å². The van der Waals surface area contributed by atoms with Crippen molar-refractivity contribution in [3.63, 3.8) is 0 Å². The van der Waals surface area contributed by atoms with Crippen LogP contribution in [0.2, 0.25) is 0 Å². The fraction of sp³-hybridized carbons (Fsp3) is 0.524. The van der Waals surface area contributed by atoms with Crippen molar-refractivity contribution in [2.45, 2.75) is 57.7 Å². The molecule has 1 aromatic carbocycles. The van der Waals surface area contributed by atoms with Gasteiger partial charge in [-0.05, 0) is 43.5 Å². The second-order valence-electron chi connectivity index (χ2n) is 6.99. The van der Waals surface area contributed by atoms with Crippen LogP contribution in [0.25, 0.3) is 0 Å². The molecule has 7 heteroatoms. The van der Waals surface area contributed by atoms with Gasteiger partial charge in [0, 0.05) is 18.5 Å². The Bertz CT molecular complexity index is 730. The fourth-order valence-electron chi connectivity index (χ4n) is 3.18. The van der Waals surface area contributed by atoms with E-state index in [-0.39, 0.29) is 18.1 Å². The summed E-state index contributed by atoms with van der Waals surface area (Å²) in [6.07, 6.45) is 7.71. The van der Waals surface area contributed by atoms with Crippen molar-refractivity contribution < 1.29 is 18.7 Å². The van der Waals surface area contributed by atoms with Gasteiger partial charge in [-0.2, -0.15) is 0 Å². The quantitative estimate of drug-likeness (QED) is 0.599. The molecule has 0 unspecified atom stereocenters. The van der Waals surface area contributed by atoms with Gasteiger partial charge in [0.05, 0.1) is 18.2 Å². The van der Waals surface area contributed by atoms with E-state index >= 15 is 0 Å². The number of carbonyl (C=O) groups excluding carboxylic acids is 1. The van der Waals surface area contributed by atoms with Gasteiger partial charge in [-0.15, -0.1) is 11.3 Å². The van der Waals surface area contributed by atoms with Gasteiger partial charge >= 0.3 is 0 Å². The summed E-state index contributed by atoms with van der Waals surface area (Å²) in [5.74, 6) is 0.260. The van der Waals surface area contributed by atoms with Crippen LogP contribution >= 0.6 is 11.3 Å². The highest BCUT2D eigenvalue weighted by molar-refractivity contribution is 7.09. The molecular formula is C21H27FN2O3S. The first kappa shape index (κ1) is 20.7. The van der Waals surface area contributed by atoms with Gasteiger partial charge in [0.1, 0.15) is 23.2 Å². The Hall–Kier alpha value is -1.99. The number of halogens is 1. The zero-order chi connectivity index (χ0) is 19.6. The lowest BCUT2D eigenvalue weighted by atomic mass is 9.98. The number of nitrogens with one attached hydrogen (secondary N) is 1. The van der Waals surface area contributed by atoms with Gasteiger partial charge in [-0.1, -0.05) is 19.3 Å². The molecule has 1 N–H and O–H groups in total. The highest BCUT2D eigenvalue weighted by Gasteiger charge is 2.13. The zero-order valence-corrected chi connectivity index (χ0v) is 16.8. The highest BCUT2D eigenvalue weighted by Crippen LogP contribution is 2.20. The third kappa shape index (κ3) is 7.20. The molecule has 1 fully saturated rings. The molecule has 0 saturated heterocycles. The summed E-state index contributed by atoms with van der Waals surface area (Å²) in [4.78, 5) is 16.5. The van der Waals surface area contributed by atoms with E-state index in [1.165, 1.54) is 55.6 Å². The molecule has 0 spiro atoms. The Morgan fingerprint density at radius 2 is 2.00 bits per heavy atom. The molecule has 1 heterocycles. The van der Waals surface area contributed by atoms with Crippen LogP contribution in [0.15, 0.2) is 29.6 Å². The highest BCUT2D eigenvalue weighted by atomic mass is 32.1. The number of nitrogens with zero attached hydrogens (tertiary/aromatic N) is 1. The smallest absolute Gasteiger partial charge is 0.226 e. The number of aromatic nitrogens is 1. The second kappa shape index (κ2) is 11.1. The van der Waals surface area contributed by atoms with E-state index in [9.17, 15) is 9.18 Å². The van der Waals surface area contributed by atoms with Crippen molar-refractivity contribution in [2.24, 2.45) is 0 Å². The number of benzene rings is 1. The SMILES string of the molecule is O=C(Cc1csc(COc2ccc(F)cc2)n1)NCCCOC1CCCCC1. The molecule has 28 heavy (non-hydrogen) atoms. The Morgan fingerprint density at radius 1 is 1.21 bits per heavy atom. The lowest BCUT2D eigenvalue weighted by Crippen LogP contribution is -2.27. The molecule has 2 aromatic rings. The van der Waals surface area contributed by atoms with Gasteiger partial charge in [0.15, 0.2) is 0 Å². The molecule has 1 amide bonds. The van der Waals surface area contributed by atoms with Crippen molar-refractivity contribution in [1.82, 2.24) is 10.3 Å². The minimum atomic E-state index is -0.296.